The second-order valence-electron chi connectivity index (χ2n) is 9.94. The second-order valence-corrected chi connectivity index (χ2v) is 9.94. The lowest BCUT2D eigenvalue weighted by Crippen LogP contribution is -2.33. The molecule has 4 rings (SSSR count). The van der Waals surface area contributed by atoms with Crippen molar-refractivity contribution in [1.82, 2.24) is 0 Å². The zero-order valence-corrected chi connectivity index (χ0v) is 22.5. The Kier molecular flexibility index (Phi) is 6.20. The van der Waals surface area contributed by atoms with Crippen LogP contribution in [0.1, 0.15) is 55.6 Å². The second kappa shape index (κ2) is 8.83. The molecule has 2 heterocycles. The van der Waals surface area contributed by atoms with Gasteiger partial charge in [0.05, 0.1) is 0 Å². The van der Waals surface area contributed by atoms with Gasteiger partial charge in [-0.05, 0) is 114 Å². The van der Waals surface area contributed by atoms with E-state index in [1.807, 2.05) is 0 Å². The maximum Gasteiger partial charge on any atom is 0.216 e. The molecule has 0 aliphatic heterocycles. The SMILES string of the molecule is Cc1c(C)c(C)c(-[n+]2ccc(-c3cc[n+](-c4c(C)c(C)c(C)c(C)c4C)cc3)cc2)c(C)c1C. The zero-order valence-electron chi connectivity index (χ0n) is 22.5. The van der Waals surface area contributed by atoms with Gasteiger partial charge in [0.25, 0.3) is 0 Å². The van der Waals surface area contributed by atoms with Gasteiger partial charge in [0, 0.05) is 46.5 Å². The van der Waals surface area contributed by atoms with Crippen molar-refractivity contribution in [2.45, 2.75) is 69.2 Å². The Balaban J connectivity index is 1.71. The van der Waals surface area contributed by atoms with Gasteiger partial charge in [-0.25, -0.2) is 0 Å². The first-order valence-electron chi connectivity index (χ1n) is 12.2. The Hall–Kier alpha value is -3.26. The lowest BCUT2D eigenvalue weighted by Gasteiger charge is -2.15. The molecule has 0 atom stereocenters. The number of benzene rings is 2. The van der Waals surface area contributed by atoms with Gasteiger partial charge >= 0.3 is 0 Å². The Morgan fingerprint density at radius 1 is 0.324 bits per heavy atom. The van der Waals surface area contributed by atoms with E-state index in [1.54, 1.807) is 0 Å². The average molecular weight is 451 g/mol. The van der Waals surface area contributed by atoms with Gasteiger partial charge in [0.15, 0.2) is 24.8 Å². The number of nitrogens with zero attached hydrogens (tertiary/aromatic N) is 2. The average Bonchev–Trinajstić information content (AvgIpc) is 2.85. The molecule has 0 bridgehead atoms. The maximum absolute atomic E-state index is 2.27. The molecule has 4 aromatic rings. The fourth-order valence-corrected chi connectivity index (χ4v) is 5.27. The molecule has 0 N–H and O–H groups in total. The minimum Gasteiger partial charge on any atom is -0.167 e. The minimum atomic E-state index is 1.23. The van der Waals surface area contributed by atoms with E-state index in [0.29, 0.717) is 0 Å². The molecule has 0 spiro atoms. The zero-order chi connectivity index (χ0) is 24.9. The lowest BCUT2D eigenvalue weighted by atomic mass is 9.92. The third-order valence-corrected chi connectivity index (χ3v) is 8.43. The van der Waals surface area contributed by atoms with Gasteiger partial charge in [-0.3, -0.25) is 0 Å². The predicted molar refractivity (Wildman–Crippen MR) is 142 cm³/mol. The van der Waals surface area contributed by atoms with Gasteiger partial charge in [0.2, 0.25) is 11.4 Å². The van der Waals surface area contributed by atoms with Gasteiger partial charge < -0.3 is 0 Å². The highest BCUT2D eigenvalue weighted by Crippen LogP contribution is 2.28. The van der Waals surface area contributed by atoms with Crippen LogP contribution in [0.15, 0.2) is 49.1 Å². The first-order valence-corrected chi connectivity index (χ1v) is 12.2. The molecular formula is C32H38N2+2. The molecule has 34 heavy (non-hydrogen) atoms. The molecule has 2 aromatic carbocycles. The first kappa shape index (κ1) is 23.9. The summed E-state index contributed by atoms with van der Waals surface area (Å²) in [5.74, 6) is 0. The van der Waals surface area contributed by atoms with Crippen molar-refractivity contribution >= 4 is 0 Å². The van der Waals surface area contributed by atoms with E-state index in [9.17, 15) is 0 Å². The van der Waals surface area contributed by atoms with Crippen LogP contribution >= 0.6 is 0 Å². The summed E-state index contributed by atoms with van der Waals surface area (Å²) in [6.45, 7) is 22.3. The molecular weight excluding hydrogens is 412 g/mol. The van der Waals surface area contributed by atoms with E-state index >= 15 is 0 Å². The highest BCUT2D eigenvalue weighted by Gasteiger charge is 2.21. The number of pyridine rings is 2. The summed E-state index contributed by atoms with van der Waals surface area (Å²) >= 11 is 0. The molecule has 0 fully saturated rings. The monoisotopic (exact) mass is 450 g/mol. The molecule has 0 saturated heterocycles. The van der Waals surface area contributed by atoms with Crippen LogP contribution in [0, 0.1) is 69.2 Å². The molecule has 0 radical (unpaired) electrons. The highest BCUT2D eigenvalue weighted by atomic mass is 15.0. The quantitative estimate of drug-likeness (QED) is 0.297. The van der Waals surface area contributed by atoms with Crippen molar-refractivity contribution in [1.29, 1.82) is 0 Å². The molecule has 0 unspecified atom stereocenters. The van der Waals surface area contributed by atoms with Crippen molar-refractivity contribution in [3.05, 3.63) is 105 Å². The van der Waals surface area contributed by atoms with E-state index in [-0.39, 0.29) is 0 Å². The molecule has 0 aliphatic rings. The molecule has 174 valence electrons. The van der Waals surface area contributed by atoms with Crippen molar-refractivity contribution in [3.8, 4) is 22.5 Å². The van der Waals surface area contributed by atoms with Crippen molar-refractivity contribution in [2.75, 3.05) is 0 Å². The normalized spacial score (nSPS) is 11.2. The summed E-state index contributed by atoms with van der Waals surface area (Å²) in [7, 11) is 0. The highest BCUT2D eigenvalue weighted by molar-refractivity contribution is 5.62. The number of hydrogen-bond acceptors (Lipinski definition) is 0. The van der Waals surface area contributed by atoms with E-state index in [1.165, 1.54) is 78.1 Å². The van der Waals surface area contributed by atoms with Crippen LogP contribution in [-0.4, -0.2) is 0 Å². The van der Waals surface area contributed by atoms with Crippen LogP contribution in [0.2, 0.25) is 0 Å². The molecule has 2 nitrogen and oxygen atoms in total. The van der Waals surface area contributed by atoms with Crippen LogP contribution in [0.4, 0.5) is 0 Å². The third kappa shape index (κ3) is 3.76. The van der Waals surface area contributed by atoms with Gasteiger partial charge in [0.1, 0.15) is 0 Å². The van der Waals surface area contributed by atoms with Crippen molar-refractivity contribution in [3.63, 3.8) is 0 Å². The van der Waals surface area contributed by atoms with E-state index in [2.05, 4.69) is 127 Å². The summed E-state index contributed by atoms with van der Waals surface area (Å²) in [6.07, 6.45) is 8.78. The fourth-order valence-electron chi connectivity index (χ4n) is 5.27. The third-order valence-electron chi connectivity index (χ3n) is 8.43. The van der Waals surface area contributed by atoms with Gasteiger partial charge in [-0.2, -0.15) is 9.13 Å². The predicted octanol–water partition coefficient (Wildman–Crippen LogP) is 6.99. The molecule has 0 amide bonds. The number of hydrogen-bond donors (Lipinski definition) is 0. The smallest absolute Gasteiger partial charge is 0.167 e. The minimum absolute atomic E-state index is 1.23. The number of rotatable bonds is 3. The van der Waals surface area contributed by atoms with Gasteiger partial charge in [-0.15, -0.1) is 0 Å². The summed E-state index contributed by atoms with van der Waals surface area (Å²) in [6, 6.07) is 8.89. The Labute approximate surface area is 205 Å². The van der Waals surface area contributed by atoms with Crippen LogP contribution < -0.4 is 9.13 Å². The standard InChI is InChI=1S/C32H38N2/c1-19-21(3)25(7)31(26(8)22(19)4)33-15-11-29(12-16-33)30-13-17-34(18-14-30)32-27(9)23(5)20(2)24(6)28(32)10/h11-18H,1-10H3/q+2. The van der Waals surface area contributed by atoms with Crippen LogP contribution in [0.25, 0.3) is 22.5 Å². The van der Waals surface area contributed by atoms with E-state index in [0.717, 1.165) is 0 Å². The van der Waals surface area contributed by atoms with Crippen molar-refractivity contribution in [2.24, 2.45) is 0 Å². The molecule has 2 aromatic heterocycles. The summed E-state index contributed by atoms with van der Waals surface area (Å²) in [4.78, 5) is 0. The largest absolute Gasteiger partial charge is 0.216 e. The topological polar surface area (TPSA) is 7.76 Å². The van der Waals surface area contributed by atoms with E-state index in [4.69, 9.17) is 0 Å². The van der Waals surface area contributed by atoms with Crippen LogP contribution in [0.5, 0.6) is 0 Å². The lowest BCUT2D eigenvalue weighted by molar-refractivity contribution is -0.597. The molecule has 0 aliphatic carbocycles. The van der Waals surface area contributed by atoms with E-state index < -0.39 is 0 Å². The summed E-state index contributed by atoms with van der Waals surface area (Å²) in [5.41, 5.74) is 18.8. The first-order chi connectivity index (χ1) is 16.0. The summed E-state index contributed by atoms with van der Waals surface area (Å²) < 4.78 is 4.53. The Morgan fingerprint density at radius 2 is 0.529 bits per heavy atom. The molecule has 0 saturated carbocycles. The number of aromatic nitrogens is 2. The molecule has 2 heteroatoms. The van der Waals surface area contributed by atoms with Crippen molar-refractivity contribution < 1.29 is 9.13 Å². The maximum atomic E-state index is 2.27. The van der Waals surface area contributed by atoms with Gasteiger partial charge in [-0.1, -0.05) is 0 Å². The Morgan fingerprint density at radius 3 is 0.765 bits per heavy atom. The summed E-state index contributed by atoms with van der Waals surface area (Å²) in [5, 5.41) is 0. The Bertz CT molecular complexity index is 1240. The fraction of sp³-hybridized carbons (Fsp3) is 0.312. The van der Waals surface area contributed by atoms with Crippen LogP contribution in [-0.2, 0) is 0 Å². The van der Waals surface area contributed by atoms with Crippen LogP contribution in [0.3, 0.4) is 0 Å².